The van der Waals surface area contributed by atoms with Crippen molar-refractivity contribution in [3.8, 4) is 22.3 Å². The van der Waals surface area contributed by atoms with E-state index in [1.807, 2.05) is 6.08 Å². The van der Waals surface area contributed by atoms with Crippen LogP contribution >= 0.6 is 0 Å². The van der Waals surface area contributed by atoms with Crippen molar-refractivity contribution in [2.24, 2.45) is 0 Å². The molecule has 2 aromatic rings. The standard InChI is InChI=1S/C21H19F3O/c1-2-3-4-13-6-5-12(11-25-13)14-7-8-15-16-9-10-17(22)21(24)19(16)18(15)20(14)23/h2,7-10,12-13H,1,3-6,11H2. The third-order valence-electron chi connectivity index (χ3n) is 5.31. The molecule has 0 spiro atoms. The lowest BCUT2D eigenvalue weighted by Gasteiger charge is -2.32. The summed E-state index contributed by atoms with van der Waals surface area (Å²) in [5.41, 5.74) is 2.03. The van der Waals surface area contributed by atoms with Crippen molar-refractivity contribution < 1.29 is 17.9 Å². The Morgan fingerprint density at radius 3 is 2.40 bits per heavy atom. The van der Waals surface area contributed by atoms with Crippen molar-refractivity contribution >= 4 is 0 Å². The maximum Gasteiger partial charge on any atom is 0.167 e. The maximum atomic E-state index is 15.0. The molecule has 1 aliphatic carbocycles. The van der Waals surface area contributed by atoms with Gasteiger partial charge in [-0.1, -0.05) is 24.3 Å². The Balaban J connectivity index is 1.59. The first-order valence-corrected chi connectivity index (χ1v) is 8.65. The minimum atomic E-state index is -0.967. The van der Waals surface area contributed by atoms with Gasteiger partial charge in [-0.2, -0.15) is 0 Å². The van der Waals surface area contributed by atoms with Crippen LogP contribution in [-0.4, -0.2) is 12.7 Å². The Kier molecular flexibility index (Phi) is 4.16. The highest BCUT2D eigenvalue weighted by atomic mass is 19.2. The summed E-state index contributed by atoms with van der Waals surface area (Å²) in [5.74, 6) is -2.40. The van der Waals surface area contributed by atoms with Crippen molar-refractivity contribution in [1.82, 2.24) is 0 Å². The average Bonchev–Trinajstić information content (AvgIpc) is 2.61. The second-order valence-corrected chi connectivity index (χ2v) is 6.77. The van der Waals surface area contributed by atoms with E-state index in [4.69, 9.17) is 4.74 Å². The van der Waals surface area contributed by atoms with Crippen molar-refractivity contribution in [2.45, 2.75) is 37.7 Å². The van der Waals surface area contributed by atoms with Crippen molar-refractivity contribution in [3.63, 3.8) is 0 Å². The van der Waals surface area contributed by atoms with E-state index in [0.717, 1.165) is 31.7 Å². The molecule has 25 heavy (non-hydrogen) atoms. The molecule has 0 saturated carbocycles. The number of benzene rings is 2. The highest BCUT2D eigenvalue weighted by Gasteiger charge is 2.34. The Morgan fingerprint density at radius 2 is 1.72 bits per heavy atom. The van der Waals surface area contributed by atoms with Gasteiger partial charge in [0.1, 0.15) is 5.82 Å². The van der Waals surface area contributed by atoms with Crippen molar-refractivity contribution in [3.05, 3.63) is 59.9 Å². The first-order valence-electron chi connectivity index (χ1n) is 8.65. The van der Waals surface area contributed by atoms with Crippen LogP contribution in [0.2, 0.25) is 0 Å². The number of hydrogen-bond acceptors (Lipinski definition) is 1. The van der Waals surface area contributed by atoms with Crippen molar-refractivity contribution in [1.29, 1.82) is 0 Å². The predicted octanol–water partition coefficient (Wildman–Crippen LogP) is 5.98. The fourth-order valence-corrected chi connectivity index (χ4v) is 3.92. The van der Waals surface area contributed by atoms with Gasteiger partial charge in [0.05, 0.1) is 12.7 Å². The largest absolute Gasteiger partial charge is 0.378 e. The molecule has 1 fully saturated rings. The van der Waals surface area contributed by atoms with Crippen LogP contribution in [0.5, 0.6) is 0 Å². The predicted molar refractivity (Wildman–Crippen MR) is 91.9 cm³/mol. The van der Waals surface area contributed by atoms with Gasteiger partial charge < -0.3 is 4.74 Å². The molecule has 0 radical (unpaired) electrons. The van der Waals surface area contributed by atoms with Crippen LogP contribution in [-0.2, 0) is 4.74 Å². The quantitative estimate of drug-likeness (QED) is 0.529. The molecular weight excluding hydrogens is 325 g/mol. The number of fused-ring (bicyclic) bond motifs is 4. The van der Waals surface area contributed by atoms with Gasteiger partial charge in [0, 0.05) is 17.0 Å². The summed E-state index contributed by atoms with van der Waals surface area (Å²) >= 11 is 0. The molecule has 4 rings (SSSR count). The fraction of sp³-hybridized carbons (Fsp3) is 0.333. The maximum absolute atomic E-state index is 15.0. The summed E-state index contributed by atoms with van der Waals surface area (Å²) in [5, 5.41) is 0. The highest BCUT2D eigenvalue weighted by molar-refractivity contribution is 6.03. The second kappa shape index (κ2) is 6.34. The highest BCUT2D eigenvalue weighted by Crippen LogP contribution is 2.51. The van der Waals surface area contributed by atoms with Gasteiger partial charge in [-0.25, -0.2) is 13.2 Å². The molecule has 1 saturated heterocycles. The van der Waals surface area contributed by atoms with Gasteiger partial charge in [-0.3, -0.25) is 0 Å². The van der Waals surface area contributed by atoms with E-state index in [9.17, 15) is 8.78 Å². The summed E-state index contributed by atoms with van der Waals surface area (Å²) in [6, 6.07) is 6.15. The molecule has 2 aliphatic rings. The number of hydrogen-bond donors (Lipinski definition) is 0. The van der Waals surface area contributed by atoms with E-state index in [-0.39, 0.29) is 23.1 Å². The summed E-state index contributed by atoms with van der Waals surface area (Å²) in [4.78, 5) is 0. The Bertz CT molecular complexity index is 836. The van der Waals surface area contributed by atoms with Gasteiger partial charge in [0.25, 0.3) is 0 Å². The number of allylic oxidation sites excluding steroid dienone is 1. The molecule has 130 valence electrons. The van der Waals surface area contributed by atoms with E-state index in [1.54, 1.807) is 12.1 Å². The van der Waals surface area contributed by atoms with Gasteiger partial charge in [0.15, 0.2) is 11.6 Å². The number of ether oxygens (including phenoxy) is 1. The summed E-state index contributed by atoms with van der Waals surface area (Å²) < 4.78 is 48.4. The SMILES string of the molecule is C=CCCC1CCC(c2ccc3c(c2F)-c2c-3ccc(F)c2F)CO1. The minimum absolute atomic E-state index is 0.0500. The lowest BCUT2D eigenvalue weighted by Crippen LogP contribution is -2.25. The summed E-state index contributed by atoms with van der Waals surface area (Å²) in [7, 11) is 0. The Labute approximate surface area is 145 Å². The zero-order chi connectivity index (χ0) is 17.6. The second-order valence-electron chi connectivity index (χ2n) is 6.77. The van der Waals surface area contributed by atoms with Crippen LogP contribution in [0.4, 0.5) is 13.2 Å². The van der Waals surface area contributed by atoms with Crippen molar-refractivity contribution in [2.75, 3.05) is 6.61 Å². The molecular formula is C21H19F3O. The molecule has 4 heteroatoms. The van der Waals surface area contributed by atoms with Gasteiger partial charge in [0.2, 0.25) is 0 Å². The third-order valence-corrected chi connectivity index (χ3v) is 5.31. The van der Waals surface area contributed by atoms with Crippen LogP contribution < -0.4 is 0 Å². The molecule has 1 nitrogen and oxygen atoms in total. The molecule has 0 aromatic heterocycles. The smallest absolute Gasteiger partial charge is 0.167 e. The van der Waals surface area contributed by atoms with Gasteiger partial charge >= 0.3 is 0 Å². The van der Waals surface area contributed by atoms with Crippen LogP contribution in [0.25, 0.3) is 22.3 Å². The van der Waals surface area contributed by atoms with Crippen LogP contribution in [0, 0.1) is 17.5 Å². The van der Waals surface area contributed by atoms with Crippen LogP contribution in [0.1, 0.15) is 37.2 Å². The molecule has 0 bridgehead atoms. The number of halogens is 3. The third kappa shape index (κ3) is 2.60. The normalized spacial score (nSPS) is 21.2. The minimum Gasteiger partial charge on any atom is -0.378 e. The lowest BCUT2D eigenvalue weighted by atomic mass is 9.77. The monoisotopic (exact) mass is 344 g/mol. The Hall–Kier alpha value is -2.07. The first-order chi connectivity index (χ1) is 12.1. The van der Waals surface area contributed by atoms with E-state index in [0.29, 0.717) is 23.3 Å². The van der Waals surface area contributed by atoms with E-state index >= 15 is 4.39 Å². The zero-order valence-electron chi connectivity index (χ0n) is 13.8. The zero-order valence-corrected chi connectivity index (χ0v) is 13.8. The summed E-state index contributed by atoms with van der Waals surface area (Å²) in [6.07, 6.45) is 5.60. The van der Waals surface area contributed by atoms with E-state index in [2.05, 4.69) is 6.58 Å². The number of rotatable bonds is 4. The van der Waals surface area contributed by atoms with E-state index < -0.39 is 17.5 Å². The summed E-state index contributed by atoms with van der Waals surface area (Å²) in [6.45, 7) is 4.17. The van der Waals surface area contributed by atoms with Crippen LogP contribution in [0.15, 0.2) is 36.9 Å². The topological polar surface area (TPSA) is 9.23 Å². The van der Waals surface area contributed by atoms with Gasteiger partial charge in [-0.15, -0.1) is 6.58 Å². The first kappa shape index (κ1) is 16.4. The van der Waals surface area contributed by atoms with Gasteiger partial charge in [-0.05, 0) is 48.4 Å². The molecule has 0 N–H and O–H groups in total. The molecule has 1 aliphatic heterocycles. The molecule has 1 heterocycles. The fourth-order valence-electron chi connectivity index (χ4n) is 3.92. The molecule has 0 amide bonds. The average molecular weight is 344 g/mol. The molecule has 2 atom stereocenters. The molecule has 2 unspecified atom stereocenters. The van der Waals surface area contributed by atoms with E-state index in [1.165, 1.54) is 6.07 Å². The Morgan fingerprint density at radius 1 is 1.00 bits per heavy atom. The van der Waals surface area contributed by atoms with Crippen LogP contribution in [0.3, 0.4) is 0 Å². The lowest BCUT2D eigenvalue weighted by molar-refractivity contribution is -0.000770. The molecule has 2 aromatic carbocycles.